The van der Waals surface area contributed by atoms with Crippen LogP contribution in [-0.4, -0.2) is 53.2 Å². The number of anilines is 1. The van der Waals surface area contributed by atoms with Crippen molar-refractivity contribution in [2.75, 3.05) is 18.4 Å². The largest absolute Gasteiger partial charge is 0.491 e. The van der Waals surface area contributed by atoms with Crippen LogP contribution in [0.2, 0.25) is 0 Å². The number of hydrogen-bond acceptors (Lipinski definition) is 6. The summed E-state index contributed by atoms with van der Waals surface area (Å²) in [5.41, 5.74) is 1.77. The van der Waals surface area contributed by atoms with Gasteiger partial charge >= 0.3 is 0 Å². The molecule has 2 heterocycles. The average Bonchev–Trinajstić information content (AvgIpc) is 2.74. The third-order valence-corrected chi connectivity index (χ3v) is 5.47. The number of benzene rings is 1. The number of ether oxygens (including phenoxy) is 2. The van der Waals surface area contributed by atoms with Crippen molar-refractivity contribution in [1.82, 2.24) is 15.2 Å². The molecule has 186 valence electrons. The SMILES string of the molecule is CC(C)Nc1ccc(C(=O)NC2CCN(Cc3cc(OC(C)C)cc(OC(C)C)c3)CC2)cn1. The second kappa shape index (κ2) is 12.1. The Bertz CT molecular complexity index is 892. The Hall–Kier alpha value is -2.80. The van der Waals surface area contributed by atoms with Gasteiger partial charge in [-0.15, -0.1) is 0 Å². The van der Waals surface area contributed by atoms with Crippen LogP contribution in [0.3, 0.4) is 0 Å². The van der Waals surface area contributed by atoms with Gasteiger partial charge in [0.05, 0.1) is 17.8 Å². The number of carbonyl (C=O) groups excluding carboxylic acids is 1. The van der Waals surface area contributed by atoms with Crippen LogP contribution in [0.1, 0.15) is 70.3 Å². The van der Waals surface area contributed by atoms with E-state index in [1.807, 2.05) is 45.9 Å². The fourth-order valence-electron chi connectivity index (χ4n) is 4.07. The highest BCUT2D eigenvalue weighted by Gasteiger charge is 2.22. The molecule has 0 bridgehead atoms. The van der Waals surface area contributed by atoms with E-state index < -0.39 is 0 Å². The number of likely N-dealkylation sites (tertiary alicyclic amines) is 1. The molecule has 2 aromatic rings. The summed E-state index contributed by atoms with van der Waals surface area (Å²) in [5, 5.41) is 6.41. The van der Waals surface area contributed by atoms with Crippen LogP contribution in [0.25, 0.3) is 0 Å². The highest BCUT2D eigenvalue weighted by molar-refractivity contribution is 5.94. The molecule has 3 rings (SSSR count). The number of rotatable bonds is 10. The molecule has 0 atom stereocenters. The van der Waals surface area contributed by atoms with Crippen LogP contribution >= 0.6 is 0 Å². The minimum Gasteiger partial charge on any atom is -0.491 e. The van der Waals surface area contributed by atoms with Crippen molar-refractivity contribution in [3.63, 3.8) is 0 Å². The van der Waals surface area contributed by atoms with Gasteiger partial charge in [0, 0.05) is 44.0 Å². The Labute approximate surface area is 204 Å². The Morgan fingerprint density at radius 2 is 1.62 bits per heavy atom. The van der Waals surface area contributed by atoms with Crippen LogP contribution in [-0.2, 0) is 6.54 Å². The lowest BCUT2D eigenvalue weighted by Gasteiger charge is -2.32. The zero-order chi connectivity index (χ0) is 24.7. The second-order valence-corrected chi connectivity index (χ2v) is 9.90. The van der Waals surface area contributed by atoms with Gasteiger partial charge in [0.2, 0.25) is 0 Å². The predicted molar refractivity (Wildman–Crippen MR) is 137 cm³/mol. The van der Waals surface area contributed by atoms with Crippen molar-refractivity contribution >= 4 is 11.7 Å². The molecule has 1 aliphatic rings. The van der Waals surface area contributed by atoms with Crippen LogP contribution in [0.4, 0.5) is 5.82 Å². The molecule has 0 saturated carbocycles. The van der Waals surface area contributed by atoms with Gasteiger partial charge in [-0.25, -0.2) is 4.98 Å². The number of piperidine rings is 1. The third kappa shape index (κ3) is 8.20. The summed E-state index contributed by atoms with van der Waals surface area (Å²) in [6, 6.07) is 10.3. The smallest absolute Gasteiger partial charge is 0.253 e. The summed E-state index contributed by atoms with van der Waals surface area (Å²) in [6.45, 7) is 14.9. The molecule has 0 aliphatic carbocycles. The van der Waals surface area contributed by atoms with Crippen molar-refractivity contribution in [3.05, 3.63) is 47.7 Å². The van der Waals surface area contributed by atoms with E-state index >= 15 is 0 Å². The first-order valence-electron chi connectivity index (χ1n) is 12.4. The number of hydrogen-bond donors (Lipinski definition) is 2. The topological polar surface area (TPSA) is 75.7 Å². The lowest BCUT2D eigenvalue weighted by atomic mass is 10.0. The number of aromatic nitrogens is 1. The van der Waals surface area contributed by atoms with Crippen molar-refractivity contribution in [2.24, 2.45) is 0 Å². The van der Waals surface area contributed by atoms with E-state index in [9.17, 15) is 4.79 Å². The van der Waals surface area contributed by atoms with E-state index in [1.54, 1.807) is 6.20 Å². The first kappa shape index (κ1) is 25.8. The molecule has 2 N–H and O–H groups in total. The Kier molecular flexibility index (Phi) is 9.16. The minimum absolute atomic E-state index is 0.0592. The summed E-state index contributed by atoms with van der Waals surface area (Å²) >= 11 is 0. The molecular formula is C27H40N4O3. The molecule has 0 radical (unpaired) electrons. The molecule has 0 spiro atoms. The zero-order valence-corrected chi connectivity index (χ0v) is 21.4. The summed E-state index contributed by atoms with van der Waals surface area (Å²) in [4.78, 5) is 19.4. The molecule has 1 saturated heterocycles. The molecule has 7 heteroatoms. The molecule has 1 aromatic heterocycles. The summed E-state index contributed by atoms with van der Waals surface area (Å²) in [6.07, 6.45) is 3.70. The standard InChI is InChI=1S/C27H40N4O3/c1-18(2)29-26-8-7-22(16-28-26)27(32)30-23-9-11-31(12-10-23)17-21-13-24(33-19(3)4)15-25(14-21)34-20(5)6/h7-8,13-16,18-20,23H,9-12,17H2,1-6H3,(H,28,29)(H,30,32). The predicted octanol–water partition coefficient (Wildman–Crippen LogP) is 4.87. The first-order chi connectivity index (χ1) is 16.2. The first-order valence-corrected chi connectivity index (χ1v) is 12.4. The molecule has 1 amide bonds. The van der Waals surface area contributed by atoms with Gasteiger partial charge in [-0.3, -0.25) is 9.69 Å². The van der Waals surface area contributed by atoms with Crippen molar-refractivity contribution < 1.29 is 14.3 Å². The van der Waals surface area contributed by atoms with Crippen molar-refractivity contribution in [3.8, 4) is 11.5 Å². The van der Waals surface area contributed by atoms with Crippen LogP contribution < -0.4 is 20.1 Å². The van der Waals surface area contributed by atoms with E-state index in [-0.39, 0.29) is 24.2 Å². The maximum absolute atomic E-state index is 12.7. The maximum atomic E-state index is 12.7. The molecule has 7 nitrogen and oxygen atoms in total. The average molecular weight is 469 g/mol. The molecule has 1 aliphatic heterocycles. The second-order valence-electron chi connectivity index (χ2n) is 9.90. The van der Waals surface area contributed by atoms with Gasteiger partial charge in [-0.05, 0) is 84.2 Å². The number of nitrogens with zero attached hydrogens (tertiary/aromatic N) is 2. The highest BCUT2D eigenvalue weighted by Crippen LogP contribution is 2.26. The van der Waals surface area contributed by atoms with Crippen LogP contribution in [0.5, 0.6) is 11.5 Å². The van der Waals surface area contributed by atoms with E-state index in [0.29, 0.717) is 11.6 Å². The van der Waals surface area contributed by atoms with E-state index in [1.165, 1.54) is 5.56 Å². The van der Waals surface area contributed by atoms with E-state index in [4.69, 9.17) is 9.47 Å². The third-order valence-electron chi connectivity index (χ3n) is 5.47. The van der Waals surface area contributed by atoms with Crippen molar-refractivity contribution in [2.45, 2.75) is 85.2 Å². The quantitative estimate of drug-likeness (QED) is 0.518. The van der Waals surface area contributed by atoms with Gasteiger partial charge < -0.3 is 20.1 Å². The van der Waals surface area contributed by atoms with Crippen LogP contribution in [0.15, 0.2) is 36.5 Å². The van der Waals surface area contributed by atoms with E-state index in [2.05, 4.69) is 46.5 Å². The summed E-state index contributed by atoms with van der Waals surface area (Å²) < 4.78 is 11.9. The Morgan fingerprint density at radius 3 is 2.12 bits per heavy atom. The number of carbonyl (C=O) groups is 1. The number of nitrogens with one attached hydrogen (secondary N) is 2. The van der Waals surface area contributed by atoms with Gasteiger partial charge in [0.25, 0.3) is 5.91 Å². The molecule has 1 aromatic carbocycles. The molecule has 0 unspecified atom stereocenters. The summed E-state index contributed by atoms with van der Waals surface area (Å²) in [7, 11) is 0. The van der Waals surface area contributed by atoms with Crippen LogP contribution in [0, 0.1) is 0 Å². The number of pyridine rings is 1. The summed E-state index contributed by atoms with van der Waals surface area (Å²) in [5.74, 6) is 2.41. The number of amides is 1. The zero-order valence-electron chi connectivity index (χ0n) is 21.4. The fourth-order valence-corrected chi connectivity index (χ4v) is 4.07. The maximum Gasteiger partial charge on any atom is 0.253 e. The van der Waals surface area contributed by atoms with Crippen molar-refractivity contribution in [1.29, 1.82) is 0 Å². The monoisotopic (exact) mass is 468 g/mol. The lowest BCUT2D eigenvalue weighted by molar-refractivity contribution is 0.0908. The van der Waals surface area contributed by atoms with Gasteiger partial charge in [0.15, 0.2) is 0 Å². The fraction of sp³-hybridized carbons (Fsp3) is 0.556. The molecule has 1 fully saturated rings. The highest BCUT2D eigenvalue weighted by atomic mass is 16.5. The molecule has 34 heavy (non-hydrogen) atoms. The molecular weight excluding hydrogens is 428 g/mol. The van der Waals surface area contributed by atoms with Gasteiger partial charge in [-0.2, -0.15) is 0 Å². The van der Waals surface area contributed by atoms with E-state index in [0.717, 1.165) is 49.8 Å². The van der Waals surface area contributed by atoms with Gasteiger partial charge in [-0.1, -0.05) is 0 Å². The Balaban J connectivity index is 1.53. The van der Waals surface area contributed by atoms with Gasteiger partial charge in [0.1, 0.15) is 17.3 Å². The minimum atomic E-state index is -0.0592. The lowest BCUT2D eigenvalue weighted by Crippen LogP contribution is -2.44. The Morgan fingerprint density at radius 1 is 1.00 bits per heavy atom. The normalized spacial score (nSPS) is 15.1.